The van der Waals surface area contributed by atoms with Crippen LogP contribution in [0.4, 0.5) is 0 Å². The molecule has 0 saturated carbocycles. The van der Waals surface area contributed by atoms with E-state index < -0.39 is 0 Å². The third-order valence-electron chi connectivity index (χ3n) is 7.45. The van der Waals surface area contributed by atoms with Crippen LogP contribution in [0.1, 0.15) is 22.3 Å². The number of oxazole rings is 2. The molecule has 0 spiro atoms. The van der Waals surface area contributed by atoms with Gasteiger partial charge in [-0.15, -0.1) is 47.5 Å². The third kappa shape index (κ3) is 5.59. The average Bonchev–Trinajstić information content (AvgIpc) is 3.84. The molecule has 4 aromatic carbocycles. The fourth-order valence-corrected chi connectivity index (χ4v) is 5.38. The van der Waals surface area contributed by atoms with E-state index in [1.807, 2.05) is 56.6 Å². The molecule has 0 saturated heterocycles. The first kappa shape index (κ1) is 29.8. The van der Waals surface area contributed by atoms with Gasteiger partial charge in [0.05, 0.1) is 22.7 Å². The summed E-state index contributed by atoms with van der Waals surface area (Å²) >= 11 is 0. The minimum absolute atomic E-state index is 0. The molecule has 0 bridgehead atoms. The van der Waals surface area contributed by atoms with Crippen molar-refractivity contribution in [3.05, 3.63) is 120 Å². The smallest absolute Gasteiger partial charge is 0.169 e. The van der Waals surface area contributed by atoms with Crippen LogP contribution in [0.25, 0.3) is 56.3 Å². The fraction of sp³-hybridized carbons (Fsp3) is 0.118. The zero-order valence-corrected chi connectivity index (χ0v) is 27.2. The molecule has 0 amide bonds. The number of aromatic nitrogens is 8. The first-order valence-corrected chi connectivity index (χ1v) is 13.9. The van der Waals surface area contributed by atoms with Crippen molar-refractivity contribution in [2.75, 3.05) is 0 Å². The van der Waals surface area contributed by atoms with E-state index in [2.05, 4.69) is 79.2 Å². The Morgan fingerprint density at radius 2 is 1.20 bits per heavy atom. The van der Waals surface area contributed by atoms with Gasteiger partial charge in [-0.25, -0.2) is 14.6 Å². The van der Waals surface area contributed by atoms with Gasteiger partial charge in [0, 0.05) is 49.2 Å². The van der Waals surface area contributed by atoms with E-state index in [9.17, 15) is 0 Å². The number of tetrazole rings is 1. The zero-order valence-electron chi connectivity index (χ0n) is 24.8. The summed E-state index contributed by atoms with van der Waals surface area (Å²) in [5, 5.41) is 12.1. The first-order chi connectivity index (χ1) is 21.5. The van der Waals surface area contributed by atoms with E-state index >= 15 is 0 Å². The van der Waals surface area contributed by atoms with Gasteiger partial charge in [-0.1, -0.05) is 36.4 Å². The molecule has 0 N–H and O–H groups in total. The monoisotopic (exact) mass is 771 g/mol. The molecule has 0 fully saturated rings. The number of hydrogen-bond donors (Lipinski definition) is 0. The Kier molecular flexibility index (Phi) is 8.21. The molecule has 8 rings (SSSR count). The van der Waals surface area contributed by atoms with Crippen LogP contribution >= 0.6 is 0 Å². The van der Waals surface area contributed by atoms with Gasteiger partial charge in [-0.2, -0.15) is 5.10 Å². The van der Waals surface area contributed by atoms with Crippen molar-refractivity contribution in [2.24, 2.45) is 0 Å². The molecule has 225 valence electrons. The van der Waals surface area contributed by atoms with Crippen LogP contribution in [-0.4, -0.2) is 39.7 Å². The number of benzene rings is 4. The van der Waals surface area contributed by atoms with Crippen LogP contribution in [-0.2, 0) is 20.1 Å². The number of hydrogen-bond acceptors (Lipinski definition) is 8. The fourth-order valence-electron chi connectivity index (χ4n) is 5.38. The predicted octanol–water partition coefficient (Wildman–Crippen LogP) is 6.98. The van der Waals surface area contributed by atoms with Gasteiger partial charge in [0.2, 0.25) is 0 Å². The van der Waals surface area contributed by atoms with Crippen molar-refractivity contribution in [1.29, 1.82) is 0 Å². The Hall–Kier alpha value is -5.25. The summed E-state index contributed by atoms with van der Waals surface area (Å²) in [4.78, 5) is 12.9. The minimum Gasteiger partial charge on any atom is -0.490 e. The second-order valence-corrected chi connectivity index (χ2v) is 10.4. The van der Waals surface area contributed by atoms with Gasteiger partial charge in [-0.3, -0.25) is 4.98 Å². The predicted molar refractivity (Wildman–Crippen MR) is 165 cm³/mol. The zero-order chi connectivity index (χ0) is 30.2. The summed E-state index contributed by atoms with van der Waals surface area (Å²) in [5.41, 5.74) is 11.4. The molecule has 45 heavy (non-hydrogen) atoms. The molecule has 0 atom stereocenters. The number of imidazole rings is 1. The SMILES string of the molecule is Cc1cccc(C)c1-n1ccnc1-c1[c-]cc2ocnc2c1.Cc1cccc(C)c1-n1nnnc1-c1[c-]cc2ocnc2c1.[Ir]. The number of para-hydroxylation sites is 2. The molecule has 10 nitrogen and oxygen atoms in total. The van der Waals surface area contributed by atoms with Crippen molar-refractivity contribution in [2.45, 2.75) is 27.7 Å². The topological polar surface area (TPSA) is 113 Å². The molecular weight excluding hydrogens is 745 g/mol. The maximum Gasteiger partial charge on any atom is 0.169 e. The van der Waals surface area contributed by atoms with Gasteiger partial charge >= 0.3 is 0 Å². The van der Waals surface area contributed by atoms with Crippen LogP contribution in [0.3, 0.4) is 0 Å². The van der Waals surface area contributed by atoms with Crippen LogP contribution in [0.15, 0.2) is 94.7 Å². The quantitative estimate of drug-likeness (QED) is 0.176. The summed E-state index contributed by atoms with van der Waals surface area (Å²) in [7, 11) is 0. The second kappa shape index (κ2) is 12.4. The Morgan fingerprint density at radius 3 is 1.78 bits per heavy atom. The van der Waals surface area contributed by atoms with E-state index in [-0.39, 0.29) is 20.1 Å². The van der Waals surface area contributed by atoms with E-state index in [1.54, 1.807) is 16.8 Å². The van der Waals surface area contributed by atoms with Crippen molar-refractivity contribution in [3.63, 3.8) is 0 Å². The van der Waals surface area contributed by atoms with Gasteiger partial charge in [-0.05, 0) is 60.4 Å². The minimum atomic E-state index is 0. The molecule has 0 aliphatic heterocycles. The largest absolute Gasteiger partial charge is 0.490 e. The van der Waals surface area contributed by atoms with E-state index in [0.29, 0.717) is 11.4 Å². The molecular formula is C34H26IrN8O2-2. The van der Waals surface area contributed by atoms with Crippen LogP contribution in [0, 0.1) is 39.8 Å². The maximum absolute atomic E-state index is 5.27. The molecule has 4 aromatic heterocycles. The third-order valence-corrected chi connectivity index (χ3v) is 7.45. The van der Waals surface area contributed by atoms with Crippen LogP contribution < -0.4 is 0 Å². The summed E-state index contributed by atoms with van der Waals surface area (Å²) < 4.78 is 14.4. The second-order valence-electron chi connectivity index (χ2n) is 10.4. The van der Waals surface area contributed by atoms with E-state index in [1.165, 1.54) is 23.9 Å². The van der Waals surface area contributed by atoms with Crippen LogP contribution in [0.5, 0.6) is 0 Å². The summed E-state index contributed by atoms with van der Waals surface area (Å²) in [5.74, 6) is 1.48. The van der Waals surface area contributed by atoms with Crippen molar-refractivity contribution < 1.29 is 28.9 Å². The van der Waals surface area contributed by atoms with Crippen molar-refractivity contribution in [3.8, 4) is 34.2 Å². The molecule has 4 heterocycles. The summed E-state index contributed by atoms with van der Waals surface area (Å²) in [6.07, 6.45) is 6.64. The average molecular weight is 771 g/mol. The number of aryl methyl sites for hydroxylation is 4. The van der Waals surface area contributed by atoms with Gasteiger partial charge < -0.3 is 13.4 Å². The standard InChI is InChI=1S/C18H14N3O.C16H12N5O.Ir/c1-12-4-3-5-13(2)17(12)21-9-8-19-18(21)14-6-7-16-15(10-14)20-11-22-16;1-10-4-3-5-11(2)15(10)21-16(18-19-20-21)12-6-7-14-13(8-12)17-9-22-14;/h3-5,7-11H,1-2H3;3-5,7-9H,1-2H3;/q2*-1;. The Labute approximate surface area is 272 Å². The summed E-state index contributed by atoms with van der Waals surface area (Å²) in [6.45, 7) is 8.30. The molecule has 1 radical (unpaired) electrons. The molecule has 8 aromatic rings. The number of fused-ring (bicyclic) bond motifs is 2. The van der Waals surface area contributed by atoms with Gasteiger partial charge in [0.25, 0.3) is 0 Å². The van der Waals surface area contributed by atoms with E-state index in [4.69, 9.17) is 8.83 Å². The maximum atomic E-state index is 5.27. The summed E-state index contributed by atoms with van der Waals surface area (Å²) in [6, 6.07) is 26.1. The number of nitrogens with zero attached hydrogens (tertiary/aromatic N) is 8. The Morgan fingerprint density at radius 1 is 0.667 bits per heavy atom. The molecule has 0 aliphatic carbocycles. The molecule has 11 heteroatoms. The van der Waals surface area contributed by atoms with E-state index in [0.717, 1.165) is 56.1 Å². The number of rotatable bonds is 4. The molecule has 0 aliphatic rings. The Balaban J connectivity index is 0.000000155. The van der Waals surface area contributed by atoms with Crippen LogP contribution in [0.2, 0.25) is 0 Å². The normalized spacial score (nSPS) is 10.9. The van der Waals surface area contributed by atoms with Crippen molar-refractivity contribution >= 4 is 22.2 Å². The molecule has 0 unspecified atom stereocenters. The van der Waals surface area contributed by atoms with Crippen molar-refractivity contribution in [1.82, 2.24) is 39.7 Å². The van der Waals surface area contributed by atoms with Gasteiger partial charge in [0.15, 0.2) is 12.8 Å². The van der Waals surface area contributed by atoms with Gasteiger partial charge in [0.1, 0.15) is 5.82 Å². The first-order valence-electron chi connectivity index (χ1n) is 13.9. The Bertz CT molecular complexity index is 2060.